The lowest BCUT2D eigenvalue weighted by Crippen LogP contribution is -2.59. The smallest absolute Gasteiger partial charge is 0.380 e. The number of fused-ring (bicyclic) bond motifs is 4. The second kappa shape index (κ2) is 17.3. The molecule has 8 N–H and O–H groups in total. The molecule has 3 fully saturated rings. The van der Waals surface area contributed by atoms with Crippen LogP contribution < -0.4 is 0 Å². The summed E-state index contributed by atoms with van der Waals surface area (Å²) in [5.74, 6) is -16.2. The number of ether oxygens (including phenoxy) is 4. The van der Waals surface area contributed by atoms with Crippen molar-refractivity contribution in [3.8, 4) is 0 Å². The van der Waals surface area contributed by atoms with E-state index >= 15 is 26.3 Å². The van der Waals surface area contributed by atoms with Crippen LogP contribution in [-0.2, 0) is 45.3 Å². The fraction of sp³-hybridized carbons (Fsp3) is 0.561. The number of halogens is 6. The van der Waals surface area contributed by atoms with Gasteiger partial charge in [0.05, 0.1) is 61.4 Å². The Labute approximate surface area is 384 Å². The minimum Gasteiger partial charge on any atom is -0.394 e. The quantitative estimate of drug-likeness (QED) is 0.111. The van der Waals surface area contributed by atoms with Crippen molar-refractivity contribution in [3.05, 3.63) is 98.5 Å². The number of alkyl halides is 6. The molecular formula is C41H44F6N6O12S2. The van der Waals surface area contributed by atoms with Crippen molar-refractivity contribution in [2.45, 2.75) is 129 Å². The third kappa shape index (κ3) is 7.71. The minimum atomic E-state index is -5.75. The fourth-order valence-corrected chi connectivity index (χ4v) is 12.2. The highest BCUT2D eigenvalue weighted by Gasteiger charge is 2.84. The molecule has 2 unspecified atom stereocenters. The molecule has 6 heterocycles. The van der Waals surface area contributed by atoms with E-state index in [1.54, 1.807) is 38.1 Å². The molecule has 364 valence electrons. The molecule has 0 bridgehead atoms. The molecule has 0 amide bonds. The highest BCUT2D eigenvalue weighted by atomic mass is 32.2. The SMILES string of the molecule is CC12SC(Cn3cc(CO[C@@H]4O[C@H](CO)[C@@H](O)[C@H](O)[C@H]4O)nn3)=CC1=C1C(=C3C=C(c4ccc(Cn5cc(CO[C@@H]6O[C@H](CO)[C@@H](O)[C@H](O)[C@H]6O)nn5)cc4)SC32C)C(F)(F)C(F)(F)C1(F)F. The molecule has 18 nitrogen and oxygen atoms in total. The van der Waals surface area contributed by atoms with Gasteiger partial charge in [-0.25, -0.2) is 9.36 Å². The number of aliphatic hydroxyl groups is 8. The zero-order valence-corrected chi connectivity index (χ0v) is 36.7. The number of benzene rings is 1. The summed E-state index contributed by atoms with van der Waals surface area (Å²) < 4.78 is 116. The first-order valence-electron chi connectivity index (χ1n) is 20.7. The number of aromatic nitrogens is 6. The Hall–Kier alpha value is -3.74. The first-order chi connectivity index (χ1) is 31.6. The fourth-order valence-electron chi connectivity index (χ4n) is 9.03. The summed E-state index contributed by atoms with van der Waals surface area (Å²) in [5, 5.41) is 95.7. The van der Waals surface area contributed by atoms with Gasteiger partial charge in [-0.05, 0) is 48.3 Å². The van der Waals surface area contributed by atoms with E-state index in [2.05, 4.69) is 20.6 Å². The van der Waals surface area contributed by atoms with E-state index in [4.69, 9.17) is 18.9 Å². The van der Waals surface area contributed by atoms with Gasteiger partial charge in [0.15, 0.2) is 12.6 Å². The Balaban J connectivity index is 0.920. The van der Waals surface area contributed by atoms with Gasteiger partial charge in [0.1, 0.15) is 60.2 Å². The maximum absolute atomic E-state index is 16.0. The normalized spacial score (nSPS) is 36.2. The molecule has 3 aromatic rings. The Morgan fingerprint density at radius 1 is 0.627 bits per heavy atom. The van der Waals surface area contributed by atoms with Crippen LogP contribution in [0.5, 0.6) is 0 Å². The van der Waals surface area contributed by atoms with Gasteiger partial charge in [-0.1, -0.05) is 34.7 Å². The second-order valence-corrected chi connectivity index (χ2v) is 20.2. The first kappa shape index (κ1) is 48.3. The largest absolute Gasteiger partial charge is 0.394 e. The van der Waals surface area contributed by atoms with Crippen LogP contribution in [0.1, 0.15) is 36.4 Å². The lowest BCUT2D eigenvalue weighted by molar-refractivity contribution is -0.304. The van der Waals surface area contributed by atoms with Gasteiger partial charge < -0.3 is 59.8 Å². The number of hydrogen-bond donors (Lipinski definition) is 8. The van der Waals surface area contributed by atoms with Crippen LogP contribution >= 0.6 is 23.5 Å². The zero-order valence-electron chi connectivity index (χ0n) is 35.1. The molecule has 26 heteroatoms. The maximum atomic E-state index is 16.0. The van der Waals surface area contributed by atoms with Gasteiger partial charge in [-0.3, -0.25) is 0 Å². The van der Waals surface area contributed by atoms with Gasteiger partial charge in [0, 0.05) is 21.0 Å². The van der Waals surface area contributed by atoms with Crippen LogP contribution in [0, 0.1) is 0 Å². The predicted molar refractivity (Wildman–Crippen MR) is 220 cm³/mol. The summed E-state index contributed by atoms with van der Waals surface area (Å²) in [4.78, 5) is 0.693. The number of thioether (sulfide) groups is 2. The van der Waals surface area contributed by atoms with Crippen molar-refractivity contribution in [2.75, 3.05) is 13.2 Å². The highest BCUT2D eigenvalue weighted by Crippen LogP contribution is 2.74. The Bertz CT molecular complexity index is 2520. The average molecular weight is 991 g/mol. The number of aliphatic hydroxyl groups excluding tert-OH is 8. The number of hydrogen-bond acceptors (Lipinski definition) is 18. The lowest BCUT2D eigenvalue weighted by atomic mass is 9.71. The molecular weight excluding hydrogens is 947 g/mol. The minimum absolute atomic E-state index is 0.145. The predicted octanol–water partition coefficient (Wildman–Crippen LogP) is 1.01. The van der Waals surface area contributed by atoms with Gasteiger partial charge in [0.25, 0.3) is 0 Å². The van der Waals surface area contributed by atoms with E-state index in [1.165, 1.54) is 33.9 Å². The third-order valence-electron chi connectivity index (χ3n) is 12.9. The van der Waals surface area contributed by atoms with Crippen LogP contribution in [0.2, 0.25) is 0 Å². The van der Waals surface area contributed by atoms with Crippen molar-refractivity contribution in [3.63, 3.8) is 0 Å². The monoisotopic (exact) mass is 990 g/mol. The summed E-state index contributed by atoms with van der Waals surface area (Å²) in [6, 6.07) is 6.75. The summed E-state index contributed by atoms with van der Waals surface area (Å²) >= 11 is 2.14. The summed E-state index contributed by atoms with van der Waals surface area (Å²) in [7, 11) is 0. The molecule has 1 saturated carbocycles. The van der Waals surface area contributed by atoms with Gasteiger partial charge in [0.2, 0.25) is 0 Å². The number of nitrogens with zero attached hydrogens (tertiary/aromatic N) is 6. The van der Waals surface area contributed by atoms with E-state index < -0.39 is 113 Å². The third-order valence-corrected chi connectivity index (χ3v) is 16.2. The van der Waals surface area contributed by atoms with Crippen molar-refractivity contribution in [2.24, 2.45) is 0 Å². The zero-order chi connectivity index (χ0) is 48.2. The Kier molecular flexibility index (Phi) is 12.5. The van der Waals surface area contributed by atoms with E-state index in [9.17, 15) is 40.9 Å². The van der Waals surface area contributed by atoms with Crippen molar-refractivity contribution in [1.29, 1.82) is 0 Å². The maximum Gasteiger partial charge on any atom is 0.380 e. The van der Waals surface area contributed by atoms with Crippen LogP contribution in [0.15, 0.2) is 76.0 Å². The second-order valence-electron chi connectivity index (χ2n) is 17.2. The summed E-state index contributed by atoms with van der Waals surface area (Å²) in [5.41, 5.74) is -1.90. The van der Waals surface area contributed by atoms with Gasteiger partial charge in [-0.2, -0.15) is 26.3 Å². The average Bonchev–Trinajstić information content (AvgIpc) is 4.11. The van der Waals surface area contributed by atoms with E-state index in [-0.39, 0.29) is 43.1 Å². The molecule has 6 aliphatic rings. The Morgan fingerprint density at radius 3 is 1.58 bits per heavy atom. The standard InChI is InChI=1S/C41H44F6N6O12S2/c1-37-22(7-21(66-37)12-53-11-20(49-51-53)16-63-36-34(61)32(59)30(57)25(14-55)65-36)27-28(40(44,45)41(46,47)39(27,42)43)23-8-26(67-38(23,37)2)18-5-3-17(4-6-18)9-52-10-19(48-50-52)15-62-35-33(60)31(58)29(56)24(13-54)64-35/h3-8,10-11,24-25,29-36,54-61H,9,12-16H2,1-2H3/t24-,25-,29-,30-,31+,32+,33-,34-,35-,36-,37?,38?/m1/s1. The van der Waals surface area contributed by atoms with Crippen LogP contribution in [0.3, 0.4) is 0 Å². The van der Waals surface area contributed by atoms with Crippen molar-refractivity contribution in [1.82, 2.24) is 30.0 Å². The first-order valence-corrected chi connectivity index (χ1v) is 22.4. The van der Waals surface area contributed by atoms with E-state index in [1.807, 2.05) is 0 Å². The lowest BCUT2D eigenvalue weighted by Gasteiger charge is -2.47. The van der Waals surface area contributed by atoms with Crippen LogP contribution in [0.25, 0.3) is 4.91 Å². The molecule has 2 saturated heterocycles. The molecule has 0 spiro atoms. The summed E-state index contributed by atoms with van der Waals surface area (Å²) in [6.07, 6.45) is -9.56. The van der Waals surface area contributed by atoms with E-state index in [0.717, 1.165) is 23.5 Å². The molecule has 4 aliphatic heterocycles. The number of rotatable bonds is 13. The van der Waals surface area contributed by atoms with E-state index in [0.29, 0.717) is 26.6 Å². The molecule has 12 atom stereocenters. The topological polar surface area (TPSA) is 260 Å². The Morgan fingerprint density at radius 2 is 1.09 bits per heavy atom. The van der Waals surface area contributed by atoms with Crippen LogP contribution in [-0.4, -0.2) is 173 Å². The van der Waals surface area contributed by atoms with Crippen LogP contribution in [0.4, 0.5) is 26.3 Å². The molecule has 1 aromatic carbocycles. The molecule has 2 aromatic heterocycles. The number of allylic oxidation sites excluding steroid dienone is 5. The highest BCUT2D eigenvalue weighted by molar-refractivity contribution is 8.12. The summed E-state index contributed by atoms with van der Waals surface area (Å²) in [6.45, 7) is 1.29. The van der Waals surface area contributed by atoms with Crippen molar-refractivity contribution >= 4 is 28.4 Å². The van der Waals surface area contributed by atoms with Gasteiger partial charge >= 0.3 is 17.8 Å². The molecule has 2 aliphatic carbocycles. The van der Waals surface area contributed by atoms with Crippen molar-refractivity contribution < 1.29 is 86.1 Å². The molecule has 67 heavy (non-hydrogen) atoms. The molecule has 9 rings (SSSR count). The molecule has 0 radical (unpaired) electrons. The van der Waals surface area contributed by atoms with Gasteiger partial charge in [-0.15, -0.1) is 33.7 Å².